The number of aliphatic hydroxyl groups excluding tert-OH is 1. The molecule has 0 saturated heterocycles. The number of aliphatic hydroxyl groups is 1. The number of aryl methyl sites for hydroxylation is 1. The first kappa shape index (κ1) is 13.8. The zero-order valence-electron chi connectivity index (χ0n) is 12.1. The van der Waals surface area contributed by atoms with Gasteiger partial charge in [-0.25, -0.2) is 0 Å². The van der Waals surface area contributed by atoms with Gasteiger partial charge in [0.25, 0.3) is 0 Å². The molecule has 1 amide bonds. The lowest BCUT2D eigenvalue weighted by molar-refractivity contribution is -0.134. The fraction of sp³-hybridized carbons (Fsp3) is 0.375. The highest BCUT2D eigenvalue weighted by molar-refractivity contribution is 5.77. The molecule has 2 heterocycles. The number of fused-ring (bicyclic) bond motifs is 1. The molecule has 1 aromatic heterocycles. The standard InChI is InChI=1S/C16H19N3O2/c1-18-16(12-5-3-2-4-6-12)13-7-9-19(15(21)11-20)10-8-14(13)17-18/h2-6,20H,7-11H2,1H3. The number of hydrogen-bond donors (Lipinski definition) is 1. The van der Waals surface area contributed by atoms with Gasteiger partial charge < -0.3 is 10.0 Å². The van der Waals surface area contributed by atoms with Gasteiger partial charge in [0, 0.05) is 37.7 Å². The molecule has 0 atom stereocenters. The van der Waals surface area contributed by atoms with Gasteiger partial charge in [-0.15, -0.1) is 0 Å². The average Bonchev–Trinajstić information content (AvgIpc) is 2.69. The molecule has 5 heteroatoms. The van der Waals surface area contributed by atoms with Crippen LogP contribution in [-0.2, 0) is 24.7 Å². The highest BCUT2D eigenvalue weighted by Crippen LogP contribution is 2.28. The Morgan fingerprint density at radius 1 is 1.24 bits per heavy atom. The van der Waals surface area contributed by atoms with Gasteiger partial charge in [-0.1, -0.05) is 30.3 Å². The van der Waals surface area contributed by atoms with Crippen LogP contribution in [0.25, 0.3) is 11.3 Å². The van der Waals surface area contributed by atoms with E-state index in [9.17, 15) is 4.79 Å². The number of rotatable bonds is 2. The number of amides is 1. The van der Waals surface area contributed by atoms with Crippen LogP contribution in [0.1, 0.15) is 11.3 Å². The van der Waals surface area contributed by atoms with Gasteiger partial charge in [-0.2, -0.15) is 5.10 Å². The van der Waals surface area contributed by atoms with Crippen LogP contribution in [-0.4, -0.2) is 45.4 Å². The lowest BCUT2D eigenvalue weighted by Crippen LogP contribution is -2.35. The summed E-state index contributed by atoms with van der Waals surface area (Å²) in [6.45, 7) is 0.840. The van der Waals surface area contributed by atoms with Crippen LogP contribution >= 0.6 is 0 Å². The average molecular weight is 285 g/mol. The van der Waals surface area contributed by atoms with Crippen LogP contribution in [0.15, 0.2) is 30.3 Å². The summed E-state index contributed by atoms with van der Waals surface area (Å²) in [7, 11) is 1.97. The second kappa shape index (κ2) is 5.69. The molecule has 0 fully saturated rings. The molecular weight excluding hydrogens is 266 g/mol. The van der Waals surface area contributed by atoms with Crippen LogP contribution in [0.4, 0.5) is 0 Å². The molecule has 110 valence electrons. The van der Waals surface area contributed by atoms with Gasteiger partial charge in [0.05, 0.1) is 11.4 Å². The summed E-state index contributed by atoms with van der Waals surface area (Å²) in [6, 6.07) is 10.2. The van der Waals surface area contributed by atoms with E-state index in [-0.39, 0.29) is 5.91 Å². The lowest BCUT2D eigenvalue weighted by Gasteiger charge is -2.19. The first-order chi connectivity index (χ1) is 10.2. The maximum atomic E-state index is 11.7. The van der Waals surface area contributed by atoms with Crippen molar-refractivity contribution in [1.29, 1.82) is 0 Å². The van der Waals surface area contributed by atoms with Gasteiger partial charge >= 0.3 is 0 Å². The quantitative estimate of drug-likeness (QED) is 0.896. The second-order valence-electron chi connectivity index (χ2n) is 5.30. The largest absolute Gasteiger partial charge is 0.387 e. The number of carbonyl (C=O) groups excluding carboxylic acids is 1. The number of benzene rings is 1. The summed E-state index contributed by atoms with van der Waals surface area (Å²) in [5, 5.41) is 13.6. The zero-order chi connectivity index (χ0) is 14.8. The molecule has 1 aliphatic heterocycles. The monoisotopic (exact) mass is 285 g/mol. The van der Waals surface area contributed by atoms with Gasteiger partial charge in [0.1, 0.15) is 6.61 Å². The summed E-state index contributed by atoms with van der Waals surface area (Å²) >= 11 is 0. The first-order valence-corrected chi connectivity index (χ1v) is 7.19. The highest BCUT2D eigenvalue weighted by atomic mass is 16.3. The van der Waals surface area contributed by atoms with Gasteiger partial charge in [-0.3, -0.25) is 9.48 Å². The van der Waals surface area contributed by atoms with Gasteiger partial charge in [0.2, 0.25) is 5.91 Å². The molecule has 0 aliphatic carbocycles. The van der Waals surface area contributed by atoms with E-state index in [0.29, 0.717) is 13.1 Å². The Bertz CT molecular complexity index is 649. The van der Waals surface area contributed by atoms with Crippen LogP contribution in [0.3, 0.4) is 0 Å². The molecule has 3 rings (SSSR count). The minimum atomic E-state index is -0.420. The van der Waals surface area contributed by atoms with Gasteiger partial charge in [-0.05, 0) is 6.42 Å². The molecular formula is C16H19N3O2. The molecule has 21 heavy (non-hydrogen) atoms. The van der Waals surface area contributed by atoms with Crippen LogP contribution < -0.4 is 0 Å². The van der Waals surface area contributed by atoms with E-state index in [1.54, 1.807) is 4.90 Å². The minimum absolute atomic E-state index is 0.203. The topological polar surface area (TPSA) is 58.4 Å². The molecule has 0 unspecified atom stereocenters. The fourth-order valence-corrected chi connectivity index (χ4v) is 2.99. The smallest absolute Gasteiger partial charge is 0.248 e. The van der Waals surface area contributed by atoms with E-state index in [1.165, 1.54) is 5.56 Å². The van der Waals surface area contributed by atoms with Crippen molar-refractivity contribution in [3.8, 4) is 11.3 Å². The molecule has 2 aromatic rings. The number of aromatic nitrogens is 2. The van der Waals surface area contributed by atoms with E-state index in [0.717, 1.165) is 29.8 Å². The van der Waals surface area contributed by atoms with Crippen molar-refractivity contribution in [2.75, 3.05) is 19.7 Å². The summed E-state index contributed by atoms with van der Waals surface area (Å²) in [4.78, 5) is 13.4. The van der Waals surface area contributed by atoms with Crippen molar-refractivity contribution >= 4 is 5.91 Å². The number of nitrogens with zero attached hydrogens (tertiary/aromatic N) is 3. The molecule has 1 N–H and O–H groups in total. The first-order valence-electron chi connectivity index (χ1n) is 7.19. The summed E-state index contributed by atoms with van der Waals surface area (Å²) < 4.78 is 1.93. The third-order valence-corrected chi connectivity index (χ3v) is 4.01. The molecule has 1 aromatic carbocycles. The Balaban J connectivity index is 1.94. The van der Waals surface area contributed by atoms with Crippen LogP contribution in [0.2, 0.25) is 0 Å². The Morgan fingerprint density at radius 2 is 1.95 bits per heavy atom. The van der Waals surface area contributed by atoms with Crippen molar-refractivity contribution < 1.29 is 9.90 Å². The van der Waals surface area contributed by atoms with Crippen molar-refractivity contribution in [3.05, 3.63) is 41.6 Å². The molecule has 0 radical (unpaired) electrons. The third-order valence-electron chi connectivity index (χ3n) is 4.01. The van der Waals surface area contributed by atoms with Crippen molar-refractivity contribution in [2.24, 2.45) is 7.05 Å². The third kappa shape index (κ3) is 2.56. The van der Waals surface area contributed by atoms with Crippen molar-refractivity contribution in [3.63, 3.8) is 0 Å². The molecule has 1 aliphatic rings. The molecule has 0 spiro atoms. The SMILES string of the molecule is Cn1nc2c(c1-c1ccccc1)CCN(C(=O)CO)CC2. The van der Waals surface area contributed by atoms with Crippen molar-refractivity contribution in [1.82, 2.24) is 14.7 Å². The predicted octanol–water partition coefficient (Wildman–Crippen LogP) is 1.01. The van der Waals surface area contributed by atoms with Crippen LogP contribution in [0, 0.1) is 0 Å². The summed E-state index contributed by atoms with van der Waals surface area (Å²) in [6.07, 6.45) is 1.51. The second-order valence-corrected chi connectivity index (χ2v) is 5.30. The summed E-state index contributed by atoms with van der Waals surface area (Å²) in [5.74, 6) is -0.203. The minimum Gasteiger partial charge on any atom is -0.387 e. The normalized spacial score (nSPS) is 14.7. The highest BCUT2D eigenvalue weighted by Gasteiger charge is 2.23. The zero-order valence-corrected chi connectivity index (χ0v) is 12.1. The molecule has 0 bridgehead atoms. The molecule has 5 nitrogen and oxygen atoms in total. The van der Waals surface area contributed by atoms with E-state index in [4.69, 9.17) is 5.11 Å². The van der Waals surface area contributed by atoms with E-state index in [2.05, 4.69) is 17.2 Å². The van der Waals surface area contributed by atoms with E-state index >= 15 is 0 Å². The van der Waals surface area contributed by atoms with Crippen LogP contribution in [0.5, 0.6) is 0 Å². The summed E-state index contributed by atoms with van der Waals surface area (Å²) in [5.41, 5.74) is 4.56. The van der Waals surface area contributed by atoms with E-state index in [1.807, 2.05) is 29.9 Å². The maximum Gasteiger partial charge on any atom is 0.248 e. The number of carbonyl (C=O) groups is 1. The Morgan fingerprint density at radius 3 is 2.67 bits per heavy atom. The fourth-order valence-electron chi connectivity index (χ4n) is 2.99. The Kier molecular flexibility index (Phi) is 3.75. The predicted molar refractivity (Wildman–Crippen MR) is 79.7 cm³/mol. The van der Waals surface area contributed by atoms with Gasteiger partial charge in [0.15, 0.2) is 0 Å². The Labute approximate surface area is 123 Å². The van der Waals surface area contributed by atoms with Crippen molar-refractivity contribution in [2.45, 2.75) is 12.8 Å². The number of hydrogen-bond acceptors (Lipinski definition) is 3. The Hall–Kier alpha value is -2.14. The van der Waals surface area contributed by atoms with E-state index < -0.39 is 6.61 Å². The molecule has 0 saturated carbocycles. The maximum absolute atomic E-state index is 11.7. The lowest BCUT2D eigenvalue weighted by atomic mass is 10.0.